The third-order valence-electron chi connectivity index (χ3n) is 3.39. The molecule has 1 saturated carbocycles. The number of ketones is 1. The fourth-order valence-electron chi connectivity index (χ4n) is 2.26. The van der Waals surface area contributed by atoms with Crippen LogP contribution in [0.1, 0.15) is 49.9 Å². The maximum absolute atomic E-state index is 11.4. The first kappa shape index (κ1) is 12.1. The highest BCUT2D eigenvalue weighted by atomic mass is 16.5. The first-order valence-electron chi connectivity index (χ1n) is 6.29. The Bertz CT molecular complexity index is 395. The fraction of sp³-hybridized carbons (Fsp3) is 0.571. The van der Waals surface area contributed by atoms with Gasteiger partial charge in [-0.05, 0) is 50.7 Å². The molecule has 0 radical (unpaired) electrons. The van der Waals surface area contributed by atoms with E-state index in [1.807, 2.05) is 0 Å². The van der Waals surface area contributed by atoms with Crippen LogP contribution in [0.4, 0.5) is 0 Å². The summed E-state index contributed by atoms with van der Waals surface area (Å²) >= 11 is 0. The summed E-state index contributed by atoms with van der Waals surface area (Å²) in [6.07, 6.45) is 6.43. The zero-order valence-electron chi connectivity index (χ0n) is 10.5. The molecular formula is C14H19NO2. The highest BCUT2D eigenvalue weighted by Crippen LogP contribution is 2.27. The maximum Gasteiger partial charge on any atom is 0.224 e. The normalized spacial score (nSPS) is 24.4. The summed E-state index contributed by atoms with van der Waals surface area (Å²) < 4.78 is 5.86. The molecule has 0 amide bonds. The molecule has 0 unspecified atom stereocenters. The number of hydrogen-bond donors (Lipinski definition) is 0. The van der Waals surface area contributed by atoms with E-state index >= 15 is 0 Å². The van der Waals surface area contributed by atoms with Crippen molar-refractivity contribution in [1.82, 2.24) is 4.98 Å². The predicted molar refractivity (Wildman–Crippen MR) is 66.3 cm³/mol. The lowest BCUT2D eigenvalue weighted by Gasteiger charge is -2.26. The number of carbonyl (C=O) groups is 1. The van der Waals surface area contributed by atoms with Crippen molar-refractivity contribution in [3.05, 3.63) is 23.9 Å². The van der Waals surface area contributed by atoms with Crippen molar-refractivity contribution in [2.24, 2.45) is 5.92 Å². The second-order valence-electron chi connectivity index (χ2n) is 4.91. The molecular weight excluding hydrogens is 214 g/mol. The van der Waals surface area contributed by atoms with Gasteiger partial charge in [-0.2, -0.15) is 0 Å². The smallest absolute Gasteiger partial charge is 0.224 e. The standard InChI is InChI=1S/C14H19NO2/c1-10-5-7-12(8-6-10)17-14-13(11(2)16)4-3-9-15-14/h3-4,9-10,12H,5-8H2,1-2H3. The average molecular weight is 233 g/mol. The molecule has 1 aromatic heterocycles. The molecule has 3 heteroatoms. The number of nitrogens with zero attached hydrogens (tertiary/aromatic N) is 1. The van der Waals surface area contributed by atoms with Gasteiger partial charge in [-0.3, -0.25) is 4.79 Å². The molecule has 17 heavy (non-hydrogen) atoms. The number of hydrogen-bond acceptors (Lipinski definition) is 3. The lowest BCUT2D eigenvalue weighted by atomic mass is 9.89. The van der Waals surface area contributed by atoms with E-state index in [0.717, 1.165) is 18.8 Å². The molecule has 1 aliphatic carbocycles. The van der Waals surface area contributed by atoms with Gasteiger partial charge in [0.2, 0.25) is 5.88 Å². The van der Waals surface area contributed by atoms with Gasteiger partial charge in [0.15, 0.2) is 5.78 Å². The van der Waals surface area contributed by atoms with Crippen molar-refractivity contribution >= 4 is 5.78 Å². The van der Waals surface area contributed by atoms with Crippen LogP contribution in [-0.2, 0) is 0 Å². The zero-order valence-corrected chi connectivity index (χ0v) is 10.5. The Morgan fingerprint density at radius 3 is 2.71 bits per heavy atom. The van der Waals surface area contributed by atoms with Crippen molar-refractivity contribution in [2.45, 2.75) is 45.6 Å². The summed E-state index contributed by atoms with van der Waals surface area (Å²) in [5.41, 5.74) is 0.589. The summed E-state index contributed by atoms with van der Waals surface area (Å²) in [7, 11) is 0. The van der Waals surface area contributed by atoms with Crippen molar-refractivity contribution in [3.8, 4) is 5.88 Å². The van der Waals surface area contributed by atoms with E-state index in [1.54, 1.807) is 25.3 Å². The lowest BCUT2D eigenvalue weighted by molar-refractivity contribution is 0.0991. The molecule has 0 bridgehead atoms. The van der Waals surface area contributed by atoms with Crippen LogP contribution in [0.25, 0.3) is 0 Å². The van der Waals surface area contributed by atoms with Crippen LogP contribution >= 0.6 is 0 Å². The molecule has 1 heterocycles. The van der Waals surface area contributed by atoms with Gasteiger partial charge in [0, 0.05) is 6.20 Å². The summed E-state index contributed by atoms with van der Waals surface area (Å²) in [6.45, 7) is 3.82. The van der Waals surface area contributed by atoms with E-state index in [2.05, 4.69) is 11.9 Å². The fourth-order valence-corrected chi connectivity index (χ4v) is 2.26. The van der Waals surface area contributed by atoms with E-state index in [9.17, 15) is 4.79 Å². The van der Waals surface area contributed by atoms with Crippen LogP contribution in [0.15, 0.2) is 18.3 Å². The quantitative estimate of drug-likeness (QED) is 0.752. The highest BCUT2D eigenvalue weighted by molar-refractivity contribution is 5.96. The minimum atomic E-state index is 0.0114. The molecule has 1 aliphatic rings. The van der Waals surface area contributed by atoms with Gasteiger partial charge >= 0.3 is 0 Å². The zero-order chi connectivity index (χ0) is 12.3. The third kappa shape index (κ3) is 3.05. The van der Waals surface area contributed by atoms with E-state index in [4.69, 9.17) is 4.74 Å². The molecule has 0 spiro atoms. The number of Topliss-reactive ketones (excluding diaryl/α,β-unsaturated/α-hetero) is 1. The maximum atomic E-state index is 11.4. The number of pyridine rings is 1. The summed E-state index contributed by atoms with van der Waals surface area (Å²) in [5, 5.41) is 0. The Kier molecular flexibility index (Phi) is 3.77. The van der Waals surface area contributed by atoms with Crippen LogP contribution in [0.5, 0.6) is 5.88 Å². The summed E-state index contributed by atoms with van der Waals surface area (Å²) in [5.74, 6) is 1.31. The first-order chi connectivity index (χ1) is 8.16. The number of ether oxygens (including phenoxy) is 1. The van der Waals surface area contributed by atoms with Crippen LogP contribution in [0.2, 0.25) is 0 Å². The summed E-state index contributed by atoms with van der Waals surface area (Å²) in [6, 6.07) is 3.54. The molecule has 0 atom stereocenters. The number of rotatable bonds is 3. The molecule has 0 aliphatic heterocycles. The second-order valence-corrected chi connectivity index (χ2v) is 4.91. The molecule has 1 aromatic rings. The van der Waals surface area contributed by atoms with Crippen molar-refractivity contribution < 1.29 is 9.53 Å². The number of carbonyl (C=O) groups excluding carboxylic acids is 1. The molecule has 2 rings (SSSR count). The number of aromatic nitrogens is 1. The average Bonchev–Trinajstić information content (AvgIpc) is 2.32. The van der Waals surface area contributed by atoms with Crippen LogP contribution in [-0.4, -0.2) is 16.9 Å². The van der Waals surface area contributed by atoms with Gasteiger partial charge in [-0.15, -0.1) is 0 Å². The Balaban J connectivity index is 2.05. The van der Waals surface area contributed by atoms with Crippen LogP contribution in [0.3, 0.4) is 0 Å². The van der Waals surface area contributed by atoms with Crippen LogP contribution in [0, 0.1) is 5.92 Å². The monoisotopic (exact) mass is 233 g/mol. The highest BCUT2D eigenvalue weighted by Gasteiger charge is 2.21. The van der Waals surface area contributed by atoms with E-state index in [0.29, 0.717) is 11.4 Å². The minimum Gasteiger partial charge on any atom is -0.474 e. The molecule has 0 N–H and O–H groups in total. The largest absolute Gasteiger partial charge is 0.474 e. The first-order valence-corrected chi connectivity index (χ1v) is 6.29. The van der Waals surface area contributed by atoms with Gasteiger partial charge in [-0.25, -0.2) is 4.98 Å². The molecule has 3 nitrogen and oxygen atoms in total. The van der Waals surface area contributed by atoms with E-state index in [1.165, 1.54) is 12.8 Å². The Labute approximate surface area is 102 Å². The minimum absolute atomic E-state index is 0.0114. The Hall–Kier alpha value is -1.38. The van der Waals surface area contributed by atoms with Crippen molar-refractivity contribution in [2.75, 3.05) is 0 Å². The third-order valence-corrected chi connectivity index (χ3v) is 3.39. The van der Waals surface area contributed by atoms with E-state index < -0.39 is 0 Å². The molecule has 1 fully saturated rings. The van der Waals surface area contributed by atoms with Crippen molar-refractivity contribution in [1.29, 1.82) is 0 Å². The SMILES string of the molecule is CC(=O)c1cccnc1OC1CCC(C)CC1. The molecule has 92 valence electrons. The van der Waals surface area contributed by atoms with Gasteiger partial charge in [-0.1, -0.05) is 6.92 Å². The Morgan fingerprint density at radius 1 is 1.35 bits per heavy atom. The Morgan fingerprint density at radius 2 is 2.06 bits per heavy atom. The molecule has 0 aromatic carbocycles. The summed E-state index contributed by atoms with van der Waals surface area (Å²) in [4.78, 5) is 15.6. The van der Waals surface area contributed by atoms with Gasteiger partial charge in [0.1, 0.15) is 6.10 Å². The predicted octanol–water partition coefficient (Wildman–Crippen LogP) is 3.24. The second kappa shape index (κ2) is 5.30. The topological polar surface area (TPSA) is 39.2 Å². The van der Waals surface area contributed by atoms with Crippen LogP contribution < -0.4 is 4.74 Å². The van der Waals surface area contributed by atoms with Gasteiger partial charge in [0.25, 0.3) is 0 Å². The van der Waals surface area contributed by atoms with E-state index in [-0.39, 0.29) is 11.9 Å². The van der Waals surface area contributed by atoms with Crippen molar-refractivity contribution in [3.63, 3.8) is 0 Å². The molecule has 0 saturated heterocycles. The van der Waals surface area contributed by atoms with Gasteiger partial charge in [0.05, 0.1) is 5.56 Å². The van der Waals surface area contributed by atoms with Gasteiger partial charge < -0.3 is 4.74 Å². The lowest BCUT2D eigenvalue weighted by Crippen LogP contribution is -2.24.